The van der Waals surface area contributed by atoms with Crippen molar-refractivity contribution in [3.63, 3.8) is 0 Å². The van der Waals surface area contributed by atoms with E-state index in [1.54, 1.807) is 0 Å². The van der Waals surface area contributed by atoms with E-state index in [0.29, 0.717) is 26.4 Å². The maximum Gasteiger partial charge on any atom is 0.352 e. The SMILES string of the molecule is NC1C(=O)N2C(C(=O)O)=C(CSc3nnc(CO)s3)CS[C@H]12. The fourth-order valence-corrected chi connectivity index (χ4v) is 5.39. The Morgan fingerprint density at radius 3 is 2.91 bits per heavy atom. The molecule has 2 atom stereocenters. The Morgan fingerprint density at radius 1 is 1.50 bits per heavy atom. The summed E-state index contributed by atoms with van der Waals surface area (Å²) in [6, 6.07) is -0.621. The number of hydrogen-bond acceptors (Lipinski definition) is 9. The molecule has 0 spiro atoms. The fraction of sp³-hybridized carbons (Fsp3) is 0.455. The Morgan fingerprint density at radius 2 is 2.27 bits per heavy atom. The van der Waals surface area contributed by atoms with Crippen LogP contribution in [0.3, 0.4) is 0 Å². The molecular formula is C11H12N4O4S3. The molecule has 3 heterocycles. The number of fused-ring (bicyclic) bond motifs is 1. The van der Waals surface area contributed by atoms with E-state index in [-0.39, 0.29) is 23.6 Å². The average Bonchev–Trinajstić information content (AvgIpc) is 2.99. The van der Waals surface area contributed by atoms with E-state index in [2.05, 4.69) is 10.2 Å². The van der Waals surface area contributed by atoms with Gasteiger partial charge in [0.25, 0.3) is 0 Å². The van der Waals surface area contributed by atoms with E-state index < -0.39 is 12.0 Å². The minimum atomic E-state index is -1.12. The number of aliphatic carboxylic acids is 1. The van der Waals surface area contributed by atoms with Crippen molar-refractivity contribution >= 4 is 46.7 Å². The number of aliphatic hydroxyl groups excluding tert-OH is 1. The van der Waals surface area contributed by atoms with Gasteiger partial charge in [0.15, 0.2) is 4.34 Å². The third-order valence-corrected chi connectivity index (χ3v) is 6.73. The van der Waals surface area contributed by atoms with Gasteiger partial charge in [-0.05, 0) is 5.57 Å². The number of nitrogens with zero attached hydrogens (tertiary/aromatic N) is 3. The van der Waals surface area contributed by atoms with Crippen molar-refractivity contribution in [1.29, 1.82) is 0 Å². The van der Waals surface area contributed by atoms with Crippen LogP contribution in [0.25, 0.3) is 0 Å². The summed E-state index contributed by atoms with van der Waals surface area (Å²) in [5.41, 5.74) is 6.40. The summed E-state index contributed by atoms with van der Waals surface area (Å²) in [6.07, 6.45) is 0. The maximum absolute atomic E-state index is 11.8. The lowest BCUT2D eigenvalue weighted by Crippen LogP contribution is -2.68. The smallest absolute Gasteiger partial charge is 0.352 e. The Labute approximate surface area is 137 Å². The number of nitrogens with two attached hydrogens (primary N) is 1. The van der Waals surface area contributed by atoms with Crippen molar-refractivity contribution < 1.29 is 19.8 Å². The van der Waals surface area contributed by atoms with Gasteiger partial charge >= 0.3 is 5.97 Å². The summed E-state index contributed by atoms with van der Waals surface area (Å²) < 4.78 is 0.653. The number of β-lactam (4-membered cyclic amide) rings is 1. The topological polar surface area (TPSA) is 130 Å². The molecule has 118 valence electrons. The normalized spacial score (nSPS) is 24.3. The van der Waals surface area contributed by atoms with Crippen LogP contribution in [0, 0.1) is 0 Å². The molecule has 0 saturated carbocycles. The lowest BCUT2D eigenvalue weighted by Gasteiger charge is -2.48. The number of carbonyl (C=O) groups is 2. The predicted octanol–water partition coefficient (Wildman–Crippen LogP) is -0.296. The zero-order valence-corrected chi connectivity index (χ0v) is 13.6. The summed E-state index contributed by atoms with van der Waals surface area (Å²) in [4.78, 5) is 24.6. The molecule has 2 aliphatic rings. The summed E-state index contributed by atoms with van der Waals surface area (Å²) >= 11 is 4.08. The number of aliphatic hydroxyl groups is 1. The van der Waals surface area contributed by atoms with E-state index in [1.165, 1.54) is 39.8 Å². The first-order valence-electron chi connectivity index (χ1n) is 6.24. The Hall–Kier alpha value is -1.14. The number of amides is 1. The Kier molecular flexibility index (Phi) is 4.41. The molecule has 2 aliphatic heterocycles. The number of hydrogen-bond donors (Lipinski definition) is 3. The molecule has 3 rings (SSSR count). The molecule has 4 N–H and O–H groups in total. The molecule has 1 aromatic heterocycles. The van der Waals surface area contributed by atoms with E-state index in [1.807, 2.05) is 0 Å². The highest BCUT2D eigenvalue weighted by atomic mass is 32.2. The van der Waals surface area contributed by atoms with E-state index in [0.717, 1.165) is 0 Å². The van der Waals surface area contributed by atoms with Crippen LogP contribution in [0.2, 0.25) is 0 Å². The molecule has 1 aromatic rings. The van der Waals surface area contributed by atoms with Crippen molar-refractivity contribution in [1.82, 2.24) is 15.1 Å². The average molecular weight is 360 g/mol. The van der Waals surface area contributed by atoms with Crippen molar-refractivity contribution in [2.45, 2.75) is 22.4 Å². The summed E-state index contributed by atoms with van der Waals surface area (Å²) in [5.74, 6) is -0.548. The minimum absolute atomic E-state index is 0.0369. The van der Waals surface area contributed by atoms with Crippen LogP contribution < -0.4 is 5.73 Å². The number of carboxylic acid groups (broad SMARTS) is 1. The van der Waals surface area contributed by atoms with Crippen LogP contribution in [-0.2, 0) is 16.2 Å². The molecule has 1 unspecified atom stereocenters. The van der Waals surface area contributed by atoms with Gasteiger partial charge in [0, 0.05) is 11.5 Å². The highest BCUT2D eigenvalue weighted by molar-refractivity contribution is 8.01. The lowest BCUT2D eigenvalue weighted by atomic mass is 10.0. The van der Waals surface area contributed by atoms with Crippen molar-refractivity contribution in [2.24, 2.45) is 5.73 Å². The number of thioether (sulfide) groups is 2. The predicted molar refractivity (Wildman–Crippen MR) is 82.3 cm³/mol. The molecule has 0 aromatic carbocycles. The number of rotatable bonds is 5. The quantitative estimate of drug-likeness (QED) is 0.479. The number of carboxylic acids is 1. The van der Waals surface area contributed by atoms with Crippen LogP contribution in [0.5, 0.6) is 0 Å². The molecule has 11 heteroatoms. The summed E-state index contributed by atoms with van der Waals surface area (Å²) in [7, 11) is 0. The molecular weight excluding hydrogens is 348 g/mol. The highest BCUT2D eigenvalue weighted by Crippen LogP contribution is 2.40. The lowest BCUT2D eigenvalue weighted by molar-refractivity contribution is -0.147. The first-order valence-corrected chi connectivity index (χ1v) is 9.09. The molecule has 1 saturated heterocycles. The van der Waals surface area contributed by atoms with Gasteiger partial charge in [-0.15, -0.1) is 22.0 Å². The van der Waals surface area contributed by atoms with E-state index in [9.17, 15) is 14.7 Å². The van der Waals surface area contributed by atoms with Crippen LogP contribution >= 0.6 is 34.9 Å². The third kappa shape index (κ3) is 2.63. The van der Waals surface area contributed by atoms with Crippen LogP contribution in [-0.4, -0.2) is 60.1 Å². The van der Waals surface area contributed by atoms with Gasteiger partial charge in [-0.2, -0.15) is 0 Å². The minimum Gasteiger partial charge on any atom is -0.477 e. The summed E-state index contributed by atoms with van der Waals surface area (Å²) in [6.45, 7) is -0.168. The van der Waals surface area contributed by atoms with Crippen LogP contribution in [0.1, 0.15) is 5.01 Å². The summed E-state index contributed by atoms with van der Waals surface area (Å²) in [5, 5.41) is 26.3. The molecule has 0 aliphatic carbocycles. The first-order chi connectivity index (χ1) is 10.5. The van der Waals surface area contributed by atoms with Gasteiger partial charge < -0.3 is 15.9 Å². The zero-order valence-electron chi connectivity index (χ0n) is 11.1. The molecule has 0 bridgehead atoms. The molecule has 1 amide bonds. The first kappa shape index (κ1) is 15.7. The monoisotopic (exact) mass is 360 g/mol. The van der Waals surface area contributed by atoms with Gasteiger partial charge in [0.2, 0.25) is 5.91 Å². The van der Waals surface area contributed by atoms with Crippen LogP contribution in [0.4, 0.5) is 0 Å². The Bertz CT molecular complexity index is 662. The Balaban J connectivity index is 1.78. The largest absolute Gasteiger partial charge is 0.477 e. The second kappa shape index (κ2) is 6.16. The van der Waals surface area contributed by atoms with E-state index >= 15 is 0 Å². The molecule has 1 fully saturated rings. The van der Waals surface area contributed by atoms with Crippen LogP contribution in [0.15, 0.2) is 15.6 Å². The second-order valence-electron chi connectivity index (χ2n) is 4.60. The number of carbonyl (C=O) groups excluding carboxylic acids is 1. The molecule has 0 radical (unpaired) electrons. The van der Waals surface area contributed by atoms with Crippen molar-refractivity contribution in [3.05, 3.63) is 16.3 Å². The van der Waals surface area contributed by atoms with Gasteiger partial charge in [0.05, 0.1) is 6.61 Å². The zero-order chi connectivity index (χ0) is 15.9. The van der Waals surface area contributed by atoms with Gasteiger partial charge in [-0.25, -0.2) is 4.79 Å². The maximum atomic E-state index is 11.8. The standard InChI is InChI=1S/C11H12N4O4S3/c12-6-8(17)15-7(10(18)19)4(2-20-9(6)15)3-21-11-14-13-5(1-16)22-11/h6,9,16H,1-3,12H2,(H,18,19)/t6?,9-/m1/s1. The number of aromatic nitrogens is 2. The van der Waals surface area contributed by atoms with Gasteiger partial charge in [0.1, 0.15) is 22.1 Å². The molecule has 22 heavy (non-hydrogen) atoms. The van der Waals surface area contributed by atoms with Gasteiger partial charge in [-0.1, -0.05) is 23.1 Å². The van der Waals surface area contributed by atoms with Crippen molar-refractivity contribution in [2.75, 3.05) is 11.5 Å². The third-order valence-electron chi connectivity index (χ3n) is 3.24. The highest BCUT2D eigenvalue weighted by Gasteiger charge is 2.51. The molecule has 8 nitrogen and oxygen atoms in total. The van der Waals surface area contributed by atoms with E-state index in [4.69, 9.17) is 10.8 Å². The van der Waals surface area contributed by atoms with Gasteiger partial charge in [-0.3, -0.25) is 9.69 Å². The fourth-order valence-electron chi connectivity index (χ4n) is 2.20. The second-order valence-corrected chi connectivity index (χ2v) is 7.99. The van der Waals surface area contributed by atoms with Crippen molar-refractivity contribution in [3.8, 4) is 0 Å².